The summed E-state index contributed by atoms with van der Waals surface area (Å²) in [6.07, 6.45) is 0. The Hall–Kier alpha value is -5.88. The quantitative estimate of drug-likeness (QED) is 0.189. The molecule has 0 amide bonds. The molecule has 11 rings (SSSR count). The number of nitrogens with zero attached hydrogens (tertiary/aromatic N) is 3. The van der Waals surface area contributed by atoms with E-state index in [-0.39, 0.29) is 0 Å². The van der Waals surface area contributed by atoms with Gasteiger partial charge in [0.05, 0.1) is 16.7 Å². The minimum atomic E-state index is 0.745. The number of hydrogen-bond acceptors (Lipinski definition) is 4. The summed E-state index contributed by atoms with van der Waals surface area (Å²) in [5.74, 6) is 0.745. The SMILES string of the molecule is c1ccc(-c2nc(-c3cccc(-n4c5cc6sc7ccccc7c6cc5c5ccc6ccccc6c54)c3)c3c(n2)sc2ccccc23)cc1. The lowest BCUT2D eigenvalue weighted by molar-refractivity contribution is 1.18. The molecule has 0 aliphatic heterocycles. The summed E-state index contributed by atoms with van der Waals surface area (Å²) in [5, 5.41) is 9.94. The summed E-state index contributed by atoms with van der Waals surface area (Å²) in [5.41, 5.74) is 6.60. The van der Waals surface area contributed by atoms with Gasteiger partial charge in [-0.3, -0.25) is 0 Å². The first kappa shape index (κ1) is 27.1. The van der Waals surface area contributed by atoms with Crippen LogP contribution in [0.15, 0.2) is 152 Å². The Labute approximate surface area is 289 Å². The van der Waals surface area contributed by atoms with Crippen LogP contribution < -0.4 is 0 Å². The number of thiophene rings is 2. The van der Waals surface area contributed by atoms with Gasteiger partial charge in [-0.15, -0.1) is 22.7 Å². The summed E-state index contributed by atoms with van der Waals surface area (Å²) in [6.45, 7) is 0. The van der Waals surface area contributed by atoms with E-state index in [4.69, 9.17) is 9.97 Å². The Morgan fingerprint density at radius 2 is 1.18 bits per heavy atom. The zero-order chi connectivity index (χ0) is 32.1. The van der Waals surface area contributed by atoms with E-state index >= 15 is 0 Å². The molecule has 228 valence electrons. The molecule has 0 N–H and O–H groups in total. The first-order chi connectivity index (χ1) is 24.3. The van der Waals surface area contributed by atoms with Crippen molar-refractivity contribution in [1.82, 2.24) is 14.5 Å². The summed E-state index contributed by atoms with van der Waals surface area (Å²) in [6, 6.07) is 54.7. The predicted octanol–water partition coefficient (Wildman–Crippen LogP) is 12.8. The minimum Gasteiger partial charge on any atom is -0.309 e. The molecule has 0 aliphatic carbocycles. The number of hydrogen-bond donors (Lipinski definition) is 0. The lowest BCUT2D eigenvalue weighted by atomic mass is 10.0. The topological polar surface area (TPSA) is 30.7 Å². The molecule has 7 aromatic carbocycles. The molecular weight excluding hydrogens is 635 g/mol. The standard InChI is InChI=1S/C44H25N3S2/c1-2-12-27(13-3-1)43-45-41(40-33-18-7-9-20-38(33)49-44(40)46-43)28-14-10-15-29(23-28)47-36-25-39-35(31-17-6-8-19-37(31)48-39)24-34(36)32-22-21-26-11-4-5-16-30(26)42(32)47/h1-25H. The van der Waals surface area contributed by atoms with Crippen molar-refractivity contribution in [2.75, 3.05) is 0 Å². The molecule has 3 nitrogen and oxygen atoms in total. The summed E-state index contributed by atoms with van der Waals surface area (Å²) < 4.78 is 6.31. The highest BCUT2D eigenvalue weighted by Gasteiger charge is 2.20. The van der Waals surface area contributed by atoms with Crippen molar-refractivity contribution >= 4 is 95.7 Å². The average molecular weight is 660 g/mol. The summed E-state index contributed by atoms with van der Waals surface area (Å²) >= 11 is 3.60. The Balaban J connectivity index is 1.24. The molecule has 5 heteroatoms. The second-order valence-corrected chi connectivity index (χ2v) is 14.7. The van der Waals surface area contributed by atoms with Crippen LogP contribution >= 0.6 is 22.7 Å². The highest BCUT2D eigenvalue weighted by atomic mass is 32.1. The predicted molar refractivity (Wildman–Crippen MR) is 211 cm³/mol. The first-order valence-electron chi connectivity index (χ1n) is 16.4. The van der Waals surface area contributed by atoms with E-state index in [0.717, 1.165) is 38.5 Å². The van der Waals surface area contributed by atoms with Crippen LogP contribution in [0.3, 0.4) is 0 Å². The summed E-state index contributed by atoms with van der Waals surface area (Å²) in [7, 11) is 0. The van der Waals surface area contributed by atoms with Gasteiger partial charge < -0.3 is 4.57 Å². The van der Waals surface area contributed by atoms with Crippen molar-refractivity contribution in [1.29, 1.82) is 0 Å². The van der Waals surface area contributed by atoms with Gasteiger partial charge in [-0.2, -0.15) is 0 Å². The number of aromatic nitrogens is 3. The van der Waals surface area contributed by atoms with Gasteiger partial charge in [0, 0.05) is 68.6 Å². The largest absolute Gasteiger partial charge is 0.309 e. The van der Waals surface area contributed by atoms with E-state index < -0.39 is 0 Å². The van der Waals surface area contributed by atoms with Crippen molar-refractivity contribution in [2.24, 2.45) is 0 Å². The molecule has 0 atom stereocenters. The fraction of sp³-hybridized carbons (Fsp3) is 0. The maximum atomic E-state index is 5.31. The lowest BCUT2D eigenvalue weighted by Crippen LogP contribution is -1.97. The number of benzene rings is 7. The average Bonchev–Trinajstić information content (AvgIpc) is 3.83. The van der Waals surface area contributed by atoms with E-state index in [1.807, 2.05) is 29.5 Å². The van der Waals surface area contributed by atoms with Crippen LogP contribution in [-0.2, 0) is 0 Å². The Morgan fingerprint density at radius 1 is 0.449 bits per heavy atom. The second kappa shape index (κ2) is 10.3. The lowest BCUT2D eigenvalue weighted by Gasteiger charge is -2.13. The van der Waals surface area contributed by atoms with Crippen molar-refractivity contribution < 1.29 is 0 Å². The van der Waals surface area contributed by atoms with E-state index in [1.54, 1.807) is 11.3 Å². The molecule has 4 heterocycles. The maximum absolute atomic E-state index is 5.31. The van der Waals surface area contributed by atoms with E-state index in [0.29, 0.717) is 0 Å². The van der Waals surface area contributed by atoms with Crippen molar-refractivity contribution in [3.63, 3.8) is 0 Å². The third-order valence-corrected chi connectivity index (χ3v) is 12.0. The van der Waals surface area contributed by atoms with Crippen LogP contribution in [0.2, 0.25) is 0 Å². The third-order valence-electron chi connectivity index (χ3n) is 9.80. The van der Waals surface area contributed by atoms with Crippen molar-refractivity contribution in [3.05, 3.63) is 152 Å². The van der Waals surface area contributed by atoms with E-state index in [9.17, 15) is 0 Å². The Morgan fingerprint density at radius 3 is 2.06 bits per heavy atom. The fourth-order valence-electron chi connectivity index (χ4n) is 7.60. The number of fused-ring (bicyclic) bond motifs is 11. The first-order valence-corrected chi connectivity index (χ1v) is 18.0. The smallest absolute Gasteiger partial charge is 0.161 e. The molecule has 49 heavy (non-hydrogen) atoms. The zero-order valence-corrected chi connectivity index (χ0v) is 27.7. The van der Waals surface area contributed by atoms with Crippen LogP contribution in [-0.4, -0.2) is 14.5 Å². The van der Waals surface area contributed by atoms with Gasteiger partial charge in [-0.05, 0) is 41.8 Å². The van der Waals surface area contributed by atoms with E-state index in [1.165, 1.54) is 62.8 Å². The zero-order valence-electron chi connectivity index (χ0n) is 26.1. The van der Waals surface area contributed by atoms with Crippen molar-refractivity contribution in [2.45, 2.75) is 0 Å². The molecular formula is C44H25N3S2. The highest BCUT2D eigenvalue weighted by Crippen LogP contribution is 2.44. The van der Waals surface area contributed by atoms with Gasteiger partial charge in [0.2, 0.25) is 0 Å². The van der Waals surface area contributed by atoms with Crippen LogP contribution in [0, 0.1) is 0 Å². The summed E-state index contributed by atoms with van der Waals surface area (Å²) in [4.78, 5) is 11.4. The molecule has 0 saturated heterocycles. The highest BCUT2D eigenvalue weighted by molar-refractivity contribution is 7.26. The second-order valence-electron chi connectivity index (χ2n) is 12.6. The van der Waals surface area contributed by atoms with E-state index in [2.05, 4.69) is 138 Å². The minimum absolute atomic E-state index is 0.745. The molecule has 0 unspecified atom stereocenters. The van der Waals surface area contributed by atoms with Crippen LogP contribution in [0.4, 0.5) is 0 Å². The molecule has 0 fully saturated rings. The number of rotatable bonds is 3. The fourth-order valence-corrected chi connectivity index (χ4v) is 9.80. The van der Waals surface area contributed by atoms with Crippen LogP contribution in [0.1, 0.15) is 0 Å². The molecule has 0 radical (unpaired) electrons. The molecule has 0 aliphatic rings. The van der Waals surface area contributed by atoms with Crippen LogP contribution in [0.5, 0.6) is 0 Å². The van der Waals surface area contributed by atoms with Gasteiger partial charge in [0.25, 0.3) is 0 Å². The van der Waals surface area contributed by atoms with Gasteiger partial charge in [0.1, 0.15) is 4.83 Å². The van der Waals surface area contributed by atoms with Crippen LogP contribution in [0.25, 0.3) is 101 Å². The third kappa shape index (κ3) is 4.00. The van der Waals surface area contributed by atoms with Crippen molar-refractivity contribution in [3.8, 4) is 28.3 Å². The Kier molecular flexibility index (Phi) is 5.70. The molecule has 11 aromatic rings. The van der Waals surface area contributed by atoms with Gasteiger partial charge in [-0.25, -0.2) is 9.97 Å². The normalized spacial score (nSPS) is 12.1. The maximum Gasteiger partial charge on any atom is 0.161 e. The molecule has 0 saturated carbocycles. The van der Waals surface area contributed by atoms with Gasteiger partial charge >= 0.3 is 0 Å². The molecule has 4 aromatic heterocycles. The monoisotopic (exact) mass is 659 g/mol. The molecule has 0 spiro atoms. The molecule has 0 bridgehead atoms. The van der Waals surface area contributed by atoms with Gasteiger partial charge in [0.15, 0.2) is 5.82 Å². The van der Waals surface area contributed by atoms with Gasteiger partial charge in [-0.1, -0.05) is 115 Å². The Bertz CT molecular complexity index is 3110.